The third-order valence-electron chi connectivity index (χ3n) is 4.06. The lowest BCUT2D eigenvalue weighted by Crippen LogP contribution is -2.33. The zero-order valence-electron chi connectivity index (χ0n) is 13.6. The van der Waals surface area contributed by atoms with E-state index in [9.17, 15) is 9.59 Å². The standard InChI is InChI=1S/C18H17Cl2N3O2/c1-21-17(24)12-4-2-11(3-5-12)10-23(13-6-7-13)18(25)16-14(19)8-9-15(20)22-16/h2-5,8-9,13H,6-7,10H2,1H3,(H,21,24). The molecule has 1 N–H and O–H groups in total. The van der Waals surface area contributed by atoms with Gasteiger partial charge in [0.2, 0.25) is 0 Å². The van der Waals surface area contributed by atoms with Crippen LogP contribution in [0.4, 0.5) is 0 Å². The highest BCUT2D eigenvalue weighted by Gasteiger charge is 2.34. The number of nitrogens with zero attached hydrogens (tertiary/aromatic N) is 2. The monoisotopic (exact) mass is 377 g/mol. The predicted molar refractivity (Wildman–Crippen MR) is 97.0 cm³/mol. The van der Waals surface area contributed by atoms with Crippen LogP contribution in [0.25, 0.3) is 0 Å². The Labute approximate surface area is 155 Å². The van der Waals surface area contributed by atoms with Crippen molar-refractivity contribution in [3.8, 4) is 0 Å². The lowest BCUT2D eigenvalue weighted by atomic mass is 10.1. The maximum Gasteiger partial charge on any atom is 0.274 e. The first kappa shape index (κ1) is 17.7. The second kappa shape index (κ2) is 7.42. The van der Waals surface area contributed by atoms with Crippen LogP contribution >= 0.6 is 23.2 Å². The first-order chi connectivity index (χ1) is 12.0. The molecule has 130 valence electrons. The summed E-state index contributed by atoms with van der Waals surface area (Å²) in [5.74, 6) is -0.373. The molecule has 1 aliphatic carbocycles. The SMILES string of the molecule is CNC(=O)c1ccc(CN(C(=O)c2nc(Cl)ccc2Cl)C2CC2)cc1. The van der Waals surface area contributed by atoms with Crippen LogP contribution in [-0.4, -0.2) is 34.8 Å². The summed E-state index contributed by atoms with van der Waals surface area (Å²) < 4.78 is 0. The van der Waals surface area contributed by atoms with E-state index < -0.39 is 0 Å². The molecule has 0 aliphatic heterocycles. The van der Waals surface area contributed by atoms with E-state index in [0.717, 1.165) is 18.4 Å². The summed E-state index contributed by atoms with van der Waals surface area (Å²) in [6.45, 7) is 0.433. The van der Waals surface area contributed by atoms with Crippen LogP contribution in [0.5, 0.6) is 0 Å². The van der Waals surface area contributed by atoms with E-state index in [1.807, 2.05) is 12.1 Å². The van der Waals surface area contributed by atoms with Gasteiger partial charge in [-0.2, -0.15) is 0 Å². The minimum absolute atomic E-state index is 0.142. The second-order valence-electron chi connectivity index (χ2n) is 5.90. The quantitative estimate of drug-likeness (QED) is 0.810. The van der Waals surface area contributed by atoms with Crippen LogP contribution in [0.1, 0.15) is 39.3 Å². The Balaban J connectivity index is 1.81. The maximum atomic E-state index is 12.9. The summed E-state index contributed by atoms with van der Waals surface area (Å²) >= 11 is 12.0. The van der Waals surface area contributed by atoms with Crippen molar-refractivity contribution < 1.29 is 9.59 Å². The highest BCUT2D eigenvalue weighted by Crippen LogP contribution is 2.31. The number of halogens is 2. The summed E-state index contributed by atoms with van der Waals surface area (Å²) in [5, 5.41) is 3.10. The third kappa shape index (κ3) is 4.11. The Hall–Kier alpha value is -2.11. The topological polar surface area (TPSA) is 62.3 Å². The number of aromatic nitrogens is 1. The summed E-state index contributed by atoms with van der Waals surface area (Å²) in [5.41, 5.74) is 1.68. The fourth-order valence-electron chi connectivity index (χ4n) is 2.56. The van der Waals surface area contributed by atoms with E-state index in [4.69, 9.17) is 23.2 Å². The largest absolute Gasteiger partial charge is 0.355 e. The molecule has 0 radical (unpaired) electrons. The van der Waals surface area contributed by atoms with Gasteiger partial charge in [-0.1, -0.05) is 35.3 Å². The molecular weight excluding hydrogens is 361 g/mol. The Morgan fingerprint density at radius 3 is 2.44 bits per heavy atom. The van der Waals surface area contributed by atoms with Crippen molar-refractivity contribution in [2.75, 3.05) is 7.05 Å². The van der Waals surface area contributed by atoms with Crippen LogP contribution in [-0.2, 0) is 6.54 Å². The van der Waals surface area contributed by atoms with Gasteiger partial charge in [0.1, 0.15) is 10.8 Å². The molecule has 0 saturated heterocycles. The number of pyridine rings is 1. The highest BCUT2D eigenvalue weighted by atomic mass is 35.5. The van der Waals surface area contributed by atoms with E-state index >= 15 is 0 Å². The fourth-order valence-corrected chi connectivity index (χ4v) is 2.89. The molecule has 0 atom stereocenters. The van der Waals surface area contributed by atoms with Gasteiger partial charge in [0.15, 0.2) is 0 Å². The molecule has 1 saturated carbocycles. The van der Waals surface area contributed by atoms with Crippen LogP contribution in [0.15, 0.2) is 36.4 Å². The first-order valence-corrected chi connectivity index (χ1v) is 8.69. The average Bonchev–Trinajstić information content (AvgIpc) is 3.46. The molecule has 7 heteroatoms. The minimum Gasteiger partial charge on any atom is -0.355 e. The summed E-state index contributed by atoms with van der Waals surface area (Å²) in [6, 6.07) is 10.5. The number of amides is 2. The maximum absolute atomic E-state index is 12.9. The van der Waals surface area contributed by atoms with Crippen molar-refractivity contribution in [3.63, 3.8) is 0 Å². The van der Waals surface area contributed by atoms with E-state index in [1.54, 1.807) is 36.2 Å². The molecule has 1 fully saturated rings. The smallest absolute Gasteiger partial charge is 0.274 e. The van der Waals surface area contributed by atoms with E-state index in [1.165, 1.54) is 0 Å². The van der Waals surface area contributed by atoms with Crippen molar-refractivity contribution >= 4 is 35.0 Å². The van der Waals surface area contributed by atoms with Crippen molar-refractivity contribution in [1.29, 1.82) is 0 Å². The molecule has 5 nitrogen and oxygen atoms in total. The number of rotatable bonds is 5. The summed E-state index contributed by atoms with van der Waals surface area (Å²) in [4.78, 5) is 30.3. The number of benzene rings is 1. The lowest BCUT2D eigenvalue weighted by molar-refractivity contribution is 0.0723. The van der Waals surface area contributed by atoms with Crippen LogP contribution < -0.4 is 5.32 Å². The lowest BCUT2D eigenvalue weighted by Gasteiger charge is -2.22. The average molecular weight is 378 g/mol. The van der Waals surface area contributed by atoms with Gasteiger partial charge < -0.3 is 10.2 Å². The molecule has 0 bridgehead atoms. The Morgan fingerprint density at radius 2 is 1.84 bits per heavy atom. The van der Waals surface area contributed by atoms with Crippen molar-refractivity contribution in [3.05, 3.63) is 63.4 Å². The molecule has 1 aliphatic rings. The first-order valence-electron chi connectivity index (χ1n) is 7.93. The molecule has 0 spiro atoms. The Bertz CT molecular complexity index is 804. The Morgan fingerprint density at radius 1 is 1.16 bits per heavy atom. The van der Waals surface area contributed by atoms with Gasteiger partial charge in [0.05, 0.1) is 5.02 Å². The van der Waals surface area contributed by atoms with Gasteiger partial charge in [-0.15, -0.1) is 0 Å². The normalized spacial score (nSPS) is 13.4. The minimum atomic E-state index is -0.231. The molecule has 2 amide bonds. The van der Waals surface area contributed by atoms with Crippen LogP contribution in [0.2, 0.25) is 10.2 Å². The number of hydrogen-bond donors (Lipinski definition) is 1. The van der Waals surface area contributed by atoms with Gasteiger partial charge in [-0.3, -0.25) is 9.59 Å². The van der Waals surface area contributed by atoms with Gasteiger partial charge in [-0.05, 0) is 42.7 Å². The van der Waals surface area contributed by atoms with Crippen molar-refractivity contribution in [2.24, 2.45) is 0 Å². The molecule has 25 heavy (non-hydrogen) atoms. The van der Waals surface area contributed by atoms with Crippen molar-refractivity contribution in [2.45, 2.75) is 25.4 Å². The second-order valence-corrected chi connectivity index (χ2v) is 6.70. The van der Waals surface area contributed by atoms with Gasteiger partial charge in [-0.25, -0.2) is 4.98 Å². The number of carbonyl (C=O) groups excluding carboxylic acids is 2. The van der Waals surface area contributed by atoms with E-state index in [0.29, 0.717) is 12.1 Å². The zero-order valence-corrected chi connectivity index (χ0v) is 15.1. The third-order valence-corrected chi connectivity index (χ3v) is 4.57. The zero-order chi connectivity index (χ0) is 18.0. The van der Waals surface area contributed by atoms with Crippen molar-refractivity contribution in [1.82, 2.24) is 15.2 Å². The fraction of sp³-hybridized carbons (Fsp3) is 0.278. The van der Waals surface area contributed by atoms with E-state index in [2.05, 4.69) is 10.3 Å². The van der Waals surface area contributed by atoms with Crippen LogP contribution in [0, 0.1) is 0 Å². The Kier molecular flexibility index (Phi) is 5.25. The summed E-state index contributed by atoms with van der Waals surface area (Å²) in [6.07, 6.45) is 1.92. The predicted octanol–water partition coefficient (Wildman–Crippen LogP) is 3.55. The molecule has 2 aromatic rings. The number of carbonyl (C=O) groups is 2. The van der Waals surface area contributed by atoms with E-state index in [-0.39, 0.29) is 33.7 Å². The van der Waals surface area contributed by atoms with Gasteiger partial charge in [0.25, 0.3) is 11.8 Å². The molecule has 1 heterocycles. The molecule has 1 aromatic carbocycles. The molecular formula is C18H17Cl2N3O2. The molecule has 0 unspecified atom stereocenters. The van der Waals surface area contributed by atoms with Crippen LogP contribution in [0.3, 0.4) is 0 Å². The van der Waals surface area contributed by atoms with Gasteiger partial charge in [0, 0.05) is 25.2 Å². The molecule has 1 aromatic heterocycles. The molecule has 3 rings (SSSR count). The number of hydrogen-bond acceptors (Lipinski definition) is 3. The summed E-state index contributed by atoms with van der Waals surface area (Å²) in [7, 11) is 1.59. The highest BCUT2D eigenvalue weighted by molar-refractivity contribution is 6.34. The van der Waals surface area contributed by atoms with Gasteiger partial charge >= 0.3 is 0 Å². The number of nitrogens with one attached hydrogen (secondary N) is 1.